The summed E-state index contributed by atoms with van der Waals surface area (Å²) in [5.41, 5.74) is 8.42. The highest BCUT2D eigenvalue weighted by Crippen LogP contribution is 2.26. The molecule has 0 unspecified atom stereocenters. The number of aromatic nitrogens is 5. The molecule has 0 aliphatic rings. The van der Waals surface area contributed by atoms with Gasteiger partial charge in [-0.3, -0.25) is 14.1 Å². The number of nitrogens with zero attached hydrogens (tertiary/aromatic N) is 5. The van der Waals surface area contributed by atoms with Crippen LogP contribution in [0.5, 0.6) is 5.75 Å². The molecule has 0 aromatic carbocycles. The Morgan fingerprint density at radius 3 is 2.73 bits per heavy atom. The lowest BCUT2D eigenvalue weighted by molar-refractivity contribution is 0.406. The molecule has 3 aromatic rings. The molecule has 2 N–H and O–H groups in total. The maximum Gasteiger partial charge on any atom is 0.331 e. The van der Waals surface area contributed by atoms with Crippen molar-refractivity contribution in [3.63, 3.8) is 0 Å². The molecule has 0 atom stereocenters. The molecule has 3 aromatic heterocycles. The van der Waals surface area contributed by atoms with Gasteiger partial charge in [-0.05, 0) is 13.8 Å². The highest BCUT2D eigenvalue weighted by atomic mass is 35.5. The summed E-state index contributed by atoms with van der Waals surface area (Å²) < 4.78 is 8.20. The second-order valence-corrected chi connectivity index (χ2v) is 6.11. The van der Waals surface area contributed by atoms with Gasteiger partial charge in [0.15, 0.2) is 10.8 Å². The molecule has 0 saturated carbocycles. The molecule has 0 fully saturated rings. The fraction of sp³-hybridized carbons (Fsp3) is 0.294. The van der Waals surface area contributed by atoms with E-state index in [1.807, 2.05) is 13.8 Å². The summed E-state index contributed by atoms with van der Waals surface area (Å²) in [5.74, 6) is 3.14. The first-order chi connectivity index (χ1) is 12.4. The Morgan fingerprint density at radius 2 is 2.08 bits per heavy atom. The number of hydrogen-bond donors (Lipinski definition) is 1. The fourth-order valence-corrected chi connectivity index (χ4v) is 3.22. The Kier molecular flexibility index (Phi) is 4.57. The van der Waals surface area contributed by atoms with Gasteiger partial charge in [0.1, 0.15) is 11.3 Å². The molecule has 26 heavy (non-hydrogen) atoms. The van der Waals surface area contributed by atoms with E-state index in [1.54, 1.807) is 13.3 Å². The van der Waals surface area contributed by atoms with Crippen LogP contribution in [0.1, 0.15) is 16.8 Å². The molecule has 0 amide bonds. The van der Waals surface area contributed by atoms with Crippen LogP contribution in [0.3, 0.4) is 0 Å². The number of aryl methyl sites for hydroxylation is 1. The second kappa shape index (κ2) is 6.69. The molecule has 8 nitrogen and oxygen atoms in total. The third-order valence-electron chi connectivity index (χ3n) is 4.13. The Morgan fingerprint density at radius 1 is 1.35 bits per heavy atom. The molecular weight excluding hydrogens is 356 g/mol. The first-order valence-electron chi connectivity index (χ1n) is 7.73. The normalized spacial score (nSPS) is 10.9. The van der Waals surface area contributed by atoms with Crippen LogP contribution >= 0.6 is 11.6 Å². The van der Waals surface area contributed by atoms with Crippen molar-refractivity contribution < 1.29 is 4.74 Å². The zero-order valence-electron chi connectivity index (χ0n) is 14.6. The maximum absolute atomic E-state index is 12.9. The summed E-state index contributed by atoms with van der Waals surface area (Å²) in [6.45, 7) is 4.00. The van der Waals surface area contributed by atoms with E-state index in [1.165, 1.54) is 9.13 Å². The van der Waals surface area contributed by atoms with E-state index < -0.39 is 0 Å². The Balaban J connectivity index is 2.26. The van der Waals surface area contributed by atoms with Gasteiger partial charge in [-0.15, -0.1) is 6.42 Å². The van der Waals surface area contributed by atoms with Crippen LogP contribution in [0.15, 0.2) is 11.0 Å². The van der Waals surface area contributed by atoms with Gasteiger partial charge in [-0.25, -0.2) is 4.79 Å². The summed E-state index contributed by atoms with van der Waals surface area (Å²) in [6.07, 6.45) is 7.08. The minimum atomic E-state index is -0.361. The third-order valence-corrected chi connectivity index (χ3v) is 4.40. The number of methoxy groups -OCH3 is 1. The molecule has 0 spiro atoms. The highest BCUT2D eigenvalue weighted by molar-refractivity contribution is 6.33. The number of nitrogens with two attached hydrogens (primary N) is 1. The summed E-state index contributed by atoms with van der Waals surface area (Å²) in [7, 11) is 1.60. The van der Waals surface area contributed by atoms with Crippen LogP contribution in [0.2, 0.25) is 5.15 Å². The molecular formula is C17H17ClN6O2. The maximum atomic E-state index is 12.9. The predicted octanol–water partition coefficient (Wildman–Crippen LogP) is 1.53. The summed E-state index contributed by atoms with van der Waals surface area (Å²) >= 11 is 6.18. The topological polar surface area (TPSA) is 101 Å². The Labute approximate surface area is 154 Å². The number of fused-ring (bicyclic) bond motifs is 1. The standard InChI is InChI=1S/C17H17ClN6O2/c1-5-6-23-12-14(18)21-16(19)22-15(12)24(17(23)25)8-11-10(3)13(26-4)9(2)7-20-11/h1,7H,6,8H2,2-4H3,(H2,19,21,22). The van der Waals surface area contributed by atoms with E-state index in [0.29, 0.717) is 16.9 Å². The molecule has 9 heteroatoms. The number of halogens is 1. The molecule has 0 aliphatic carbocycles. The largest absolute Gasteiger partial charge is 0.496 e. The lowest BCUT2D eigenvalue weighted by Crippen LogP contribution is -2.25. The minimum absolute atomic E-state index is 0.0275. The number of rotatable bonds is 4. The van der Waals surface area contributed by atoms with Crippen molar-refractivity contribution in [3.05, 3.63) is 38.7 Å². The monoisotopic (exact) mass is 372 g/mol. The summed E-state index contributed by atoms with van der Waals surface area (Å²) in [5, 5.41) is 0.0739. The van der Waals surface area contributed by atoms with Crippen LogP contribution in [0.25, 0.3) is 11.2 Å². The van der Waals surface area contributed by atoms with E-state index in [4.69, 9.17) is 28.5 Å². The van der Waals surface area contributed by atoms with Gasteiger partial charge in [0, 0.05) is 17.3 Å². The first-order valence-corrected chi connectivity index (χ1v) is 8.11. The highest BCUT2D eigenvalue weighted by Gasteiger charge is 2.20. The van der Waals surface area contributed by atoms with E-state index in [9.17, 15) is 4.79 Å². The van der Waals surface area contributed by atoms with Crippen molar-refractivity contribution in [2.75, 3.05) is 12.8 Å². The van der Waals surface area contributed by atoms with Crippen molar-refractivity contribution in [2.45, 2.75) is 26.9 Å². The molecule has 0 radical (unpaired) electrons. The van der Waals surface area contributed by atoms with E-state index in [0.717, 1.165) is 16.9 Å². The van der Waals surface area contributed by atoms with Crippen LogP contribution in [-0.2, 0) is 13.1 Å². The van der Waals surface area contributed by atoms with Crippen molar-refractivity contribution in [3.8, 4) is 18.1 Å². The van der Waals surface area contributed by atoms with Crippen LogP contribution in [0.4, 0.5) is 5.95 Å². The Bertz CT molecular complexity index is 1110. The SMILES string of the molecule is C#CCn1c(=O)n(Cc2ncc(C)c(OC)c2C)c2nc(N)nc(Cl)c21. The van der Waals surface area contributed by atoms with E-state index >= 15 is 0 Å². The number of terminal acetylenes is 1. The zero-order chi connectivity index (χ0) is 19.0. The molecule has 3 heterocycles. The quantitative estimate of drug-likeness (QED) is 0.550. The number of pyridine rings is 1. The van der Waals surface area contributed by atoms with E-state index in [-0.39, 0.29) is 29.9 Å². The van der Waals surface area contributed by atoms with Crippen molar-refractivity contribution in [1.82, 2.24) is 24.1 Å². The third kappa shape index (κ3) is 2.76. The van der Waals surface area contributed by atoms with Crippen molar-refractivity contribution >= 4 is 28.7 Å². The lowest BCUT2D eigenvalue weighted by atomic mass is 10.1. The number of ether oxygens (including phenoxy) is 1. The summed E-state index contributed by atoms with van der Waals surface area (Å²) in [4.78, 5) is 25.4. The van der Waals surface area contributed by atoms with Crippen LogP contribution in [0, 0.1) is 26.2 Å². The average Bonchev–Trinajstić information content (AvgIpc) is 2.84. The van der Waals surface area contributed by atoms with Gasteiger partial charge in [-0.1, -0.05) is 17.5 Å². The fourth-order valence-electron chi connectivity index (χ4n) is 2.95. The molecule has 0 bridgehead atoms. The predicted molar refractivity (Wildman–Crippen MR) is 99.4 cm³/mol. The van der Waals surface area contributed by atoms with Crippen molar-refractivity contribution in [1.29, 1.82) is 0 Å². The Hall–Kier alpha value is -3.05. The number of imidazole rings is 1. The zero-order valence-corrected chi connectivity index (χ0v) is 15.3. The molecule has 134 valence electrons. The van der Waals surface area contributed by atoms with Crippen LogP contribution < -0.4 is 16.2 Å². The second-order valence-electron chi connectivity index (χ2n) is 5.75. The van der Waals surface area contributed by atoms with Gasteiger partial charge >= 0.3 is 5.69 Å². The molecule has 3 rings (SSSR count). The van der Waals surface area contributed by atoms with E-state index in [2.05, 4.69) is 20.9 Å². The first kappa shape index (κ1) is 17.8. The number of nitrogen functional groups attached to an aromatic ring is 1. The summed E-state index contributed by atoms with van der Waals surface area (Å²) in [6, 6.07) is 0. The lowest BCUT2D eigenvalue weighted by Gasteiger charge is -2.12. The smallest absolute Gasteiger partial charge is 0.331 e. The van der Waals surface area contributed by atoms with Gasteiger partial charge in [-0.2, -0.15) is 9.97 Å². The number of hydrogen-bond acceptors (Lipinski definition) is 6. The van der Waals surface area contributed by atoms with Gasteiger partial charge in [0.25, 0.3) is 0 Å². The van der Waals surface area contributed by atoms with Gasteiger partial charge in [0.05, 0.1) is 25.9 Å². The van der Waals surface area contributed by atoms with Crippen LogP contribution in [-0.4, -0.2) is 31.2 Å². The molecule has 0 aliphatic heterocycles. The van der Waals surface area contributed by atoms with Crippen molar-refractivity contribution in [2.24, 2.45) is 0 Å². The average molecular weight is 373 g/mol. The van der Waals surface area contributed by atoms with Gasteiger partial charge < -0.3 is 10.5 Å². The number of anilines is 1. The van der Waals surface area contributed by atoms with Gasteiger partial charge in [0.2, 0.25) is 5.95 Å². The molecule has 0 saturated heterocycles. The minimum Gasteiger partial charge on any atom is -0.496 e.